The van der Waals surface area contributed by atoms with E-state index in [-0.39, 0.29) is 11.9 Å². The van der Waals surface area contributed by atoms with Crippen LogP contribution < -0.4 is 10.6 Å². The quantitative estimate of drug-likeness (QED) is 0.558. The Morgan fingerprint density at radius 1 is 1.23 bits per heavy atom. The van der Waals surface area contributed by atoms with Crippen LogP contribution in [0.15, 0.2) is 0 Å². The fourth-order valence-corrected chi connectivity index (χ4v) is 1.99. The van der Waals surface area contributed by atoms with Crippen molar-refractivity contribution in [3.63, 3.8) is 0 Å². The van der Waals surface area contributed by atoms with Gasteiger partial charge in [0.15, 0.2) is 0 Å². The molecule has 0 spiro atoms. The maximum atomic E-state index is 11.8. The summed E-state index contributed by atoms with van der Waals surface area (Å²) in [5.41, 5.74) is 0. The van der Waals surface area contributed by atoms with E-state index >= 15 is 0 Å². The number of nitrogens with zero attached hydrogens (tertiary/aromatic N) is 1. The van der Waals surface area contributed by atoms with Gasteiger partial charge in [-0.1, -0.05) is 0 Å². The highest BCUT2D eigenvalue weighted by Gasteiger charge is 2.26. The lowest BCUT2D eigenvalue weighted by Crippen LogP contribution is -2.56. The van der Waals surface area contributed by atoms with Gasteiger partial charge in [-0.15, -0.1) is 0 Å². The zero-order chi connectivity index (χ0) is 9.10. The van der Waals surface area contributed by atoms with Crippen LogP contribution in [-0.2, 0) is 4.79 Å². The van der Waals surface area contributed by atoms with Crippen LogP contribution >= 0.6 is 0 Å². The number of piperazine rings is 1. The monoisotopic (exact) mass is 183 g/mol. The van der Waals surface area contributed by atoms with Crippen molar-refractivity contribution < 1.29 is 4.79 Å². The third-order valence-electron chi connectivity index (χ3n) is 2.76. The van der Waals surface area contributed by atoms with Crippen molar-refractivity contribution in [2.24, 2.45) is 0 Å². The molecule has 2 saturated heterocycles. The first-order valence-electron chi connectivity index (χ1n) is 5.11. The Balaban J connectivity index is 1.87. The van der Waals surface area contributed by atoms with E-state index in [0.29, 0.717) is 0 Å². The first-order valence-corrected chi connectivity index (χ1v) is 5.11. The second-order valence-electron chi connectivity index (χ2n) is 3.74. The highest BCUT2D eigenvalue weighted by Crippen LogP contribution is 2.09. The molecule has 2 heterocycles. The first kappa shape index (κ1) is 8.97. The van der Waals surface area contributed by atoms with Gasteiger partial charge >= 0.3 is 0 Å². The number of hydrogen-bond donors (Lipinski definition) is 2. The number of nitrogens with one attached hydrogen (secondary N) is 2. The molecule has 74 valence electrons. The molecule has 0 radical (unpaired) electrons. The SMILES string of the molecule is O=C([C@@H]1CNCCN1)N1CCCC1. The van der Waals surface area contributed by atoms with Gasteiger partial charge in [0.1, 0.15) is 0 Å². The molecule has 4 heteroatoms. The summed E-state index contributed by atoms with van der Waals surface area (Å²) in [7, 11) is 0. The van der Waals surface area contributed by atoms with Crippen molar-refractivity contribution in [1.29, 1.82) is 0 Å². The van der Waals surface area contributed by atoms with E-state index in [4.69, 9.17) is 0 Å². The molecule has 1 amide bonds. The maximum Gasteiger partial charge on any atom is 0.241 e. The van der Waals surface area contributed by atoms with Gasteiger partial charge in [-0.2, -0.15) is 0 Å². The zero-order valence-electron chi connectivity index (χ0n) is 7.88. The molecule has 2 N–H and O–H groups in total. The van der Waals surface area contributed by atoms with E-state index in [1.807, 2.05) is 4.90 Å². The minimum Gasteiger partial charge on any atom is -0.341 e. The molecule has 4 nitrogen and oxygen atoms in total. The van der Waals surface area contributed by atoms with E-state index < -0.39 is 0 Å². The standard InChI is InChI=1S/C9H17N3O/c13-9(12-5-1-2-6-12)8-7-10-3-4-11-8/h8,10-11H,1-7H2/t8-/m0/s1. The lowest BCUT2D eigenvalue weighted by atomic mass is 10.2. The number of carbonyl (C=O) groups excluding carboxylic acids is 1. The van der Waals surface area contributed by atoms with Crippen LogP contribution in [0.4, 0.5) is 0 Å². The number of hydrogen-bond acceptors (Lipinski definition) is 3. The largest absolute Gasteiger partial charge is 0.341 e. The van der Waals surface area contributed by atoms with E-state index in [1.54, 1.807) is 0 Å². The van der Waals surface area contributed by atoms with Crippen molar-refractivity contribution >= 4 is 5.91 Å². The van der Waals surface area contributed by atoms with Crippen molar-refractivity contribution in [3.8, 4) is 0 Å². The molecule has 1 atom stereocenters. The number of carbonyl (C=O) groups is 1. The summed E-state index contributed by atoms with van der Waals surface area (Å²) in [4.78, 5) is 13.8. The summed E-state index contributed by atoms with van der Waals surface area (Å²) in [6.07, 6.45) is 2.35. The molecular formula is C9H17N3O. The summed E-state index contributed by atoms with van der Waals surface area (Å²) < 4.78 is 0. The smallest absolute Gasteiger partial charge is 0.241 e. The van der Waals surface area contributed by atoms with Crippen LogP contribution in [0, 0.1) is 0 Å². The Labute approximate surface area is 78.7 Å². The van der Waals surface area contributed by atoms with Crippen molar-refractivity contribution in [1.82, 2.24) is 15.5 Å². The highest BCUT2D eigenvalue weighted by atomic mass is 16.2. The third kappa shape index (κ3) is 2.00. The Morgan fingerprint density at radius 3 is 2.62 bits per heavy atom. The molecule has 0 aromatic carbocycles. The van der Waals surface area contributed by atoms with E-state index in [2.05, 4.69) is 10.6 Å². The lowest BCUT2D eigenvalue weighted by molar-refractivity contribution is -0.132. The van der Waals surface area contributed by atoms with Crippen molar-refractivity contribution in [2.75, 3.05) is 32.7 Å². The topological polar surface area (TPSA) is 44.4 Å². The number of rotatable bonds is 1. The number of likely N-dealkylation sites (tertiary alicyclic amines) is 1. The van der Waals surface area contributed by atoms with E-state index in [9.17, 15) is 4.79 Å². The second-order valence-corrected chi connectivity index (χ2v) is 3.74. The summed E-state index contributed by atoms with van der Waals surface area (Å²) >= 11 is 0. The molecule has 2 fully saturated rings. The van der Waals surface area contributed by atoms with Crippen molar-refractivity contribution in [3.05, 3.63) is 0 Å². The fraction of sp³-hybridized carbons (Fsp3) is 0.889. The zero-order valence-corrected chi connectivity index (χ0v) is 7.88. The Bertz CT molecular complexity index is 183. The van der Waals surface area contributed by atoms with Gasteiger partial charge in [-0.3, -0.25) is 4.79 Å². The average Bonchev–Trinajstić information content (AvgIpc) is 2.71. The van der Waals surface area contributed by atoms with Crippen molar-refractivity contribution in [2.45, 2.75) is 18.9 Å². The van der Waals surface area contributed by atoms with Crippen LogP contribution in [-0.4, -0.2) is 49.6 Å². The van der Waals surface area contributed by atoms with Crippen LogP contribution in [0.3, 0.4) is 0 Å². The maximum absolute atomic E-state index is 11.8. The molecule has 2 aliphatic rings. The number of amides is 1. The molecule has 2 aliphatic heterocycles. The molecule has 0 aliphatic carbocycles. The van der Waals surface area contributed by atoms with E-state index in [0.717, 1.165) is 32.7 Å². The highest BCUT2D eigenvalue weighted by molar-refractivity contribution is 5.82. The average molecular weight is 183 g/mol. The van der Waals surface area contributed by atoms with Crippen LogP contribution in [0.2, 0.25) is 0 Å². The Kier molecular flexibility index (Phi) is 2.80. The molecule has 0 aromatic rings. The predicted molar refractivity (Wildman–Crippen MR) is 50.5 cm³/mol. The minimum absolute atomic E-state index is 0.0202. The Morgan fingerprint density at radius 2 is 2.00 bits per heavy atom. The van der Waals surface area contributed by atoms with Gasteiger partial charge in [0, 0.05) is 32.7 Å². The molecular weight excluding hydrogens is 166 g/mol. The van der Waals surface area contributed by atoms with Gasteiger partial charge in [-0.05, 0) is 12.8 Å². The normalized spacial score (nSPS) is 29.2. The minimum atomic E-state index is 0.0202. The van der Waals surface area contributed by atoms with Gasteiger partial charge in [0.25, 0.3) is 0 Å². The van der Waals surface area contributed by atoms with Crippen LogP contribution in [0.1, 0.15) is 12.8 Å². The fourth-order valence-electron chi connectivity index (χ4n) is 1.99. The summed E-state index contributed by atoms with van der Waals surface area (Å²) in [5, 5.41) is 6.47. The predicted octanol–water partition coefficient (Wildman–Crippen LogP) is -0.830. The Hall–Kier alpha value is -0.610. The third-order valence-corrected chi connectivity index (χ3v) is 2.76. The summed E-state index contributed by atoms with van der Waals surface area (Å²) in [5.74, 6) is 0.282. The first-order chi connectivity index (χ1) is 6.38. The summed E-state index contributed by atoms with van der Waals surface area (Å²) in [6.45, 7) is 4.58. The van der Waals surface area contributed by atoms with Gasteiger partial charge < -0.3 is 15.5 Å². The van der Waals surface area contributed by atoms with Gasteiger partial charge in [0.2, 0.25) is 5.91 Å². The van der Waals surface area contributed by atoms with Gasteiger partial charge in [-0.25, -0.2) is 0 Å². The second kappa shape index (κ2) is 4.07. The molecule has 0 bridgehead atoms. The molecule has 13 heavy (non-hydrogen) atoms. The summed E-state index contributed by atoms with van der Waals surface area (Å²) in [6, 6.07) is 0.0202. The van der Waals surface area contributed by atoms with E-state index in [1.165, 1.54) is 12.8 Å². The van der Waals surface area contributed by atoms with Crippen LogP contribution in [0.25, 0.3) is 0 Å². The van der Waals surface area contributed by atoms with Crippen LogP contribution in [0.5, 0.6) is 0 Å². The van der Waals surface area contributed by atoms with Gasteiger partial charge in [0.05, 0.1) is 6.04 Å². The lowest BCUT2D eigenvalue weighted by Gasteiger charge is -2.27. The molecule has 0 aromatic heterocycles. The molecule has 2 rings (SSSR count). The molecule has 0 saturated carbocycles. The molecule has 0 unspecified atom stereocenters.